The molecule has 0 saturated carbocycles. The molecule has 23 heavy (non-hydrogen) atoms. The van der Waals surface area contributed by atoms with E-state index in [0.29, 0.717) is 17.4 Å². The summed E-state index contributed by atoms with van der Waals surface area (Å²) in [4.78, 5) is 13.1. The average molecular weight is 318 g/mol. The lowest BCUT2D eigenvalue weighted by Crippen LogP contribution is -2.37. The quantitative estimate of drug-likeness (QED) is 0.820. The molecule has 1 aromatic carbocycles. The molecule has 0 bridgehead atoms. The third kappa shape index (κ3) is 4.39. The predicted octanol–water partition coefficient (Wildman–Crippen LogP) is 3.01. The van der Waals surface area contributed by atoms with Gasteiger partial charge in [-0.2, -0.15) is 0 Å². The van der Waals surface area contributed by atoms with Gasteiger partial charge in [-0.25, -0.2) is 4.39 Å². The molecule has 0 aliphatic carbocycles. The zero-order chi connectivity index (χ0) is 16.1. The molecule has 1 unspecified atom stereocenters. The molecule has 0 radical (unpaired) electrons. The van der Waals surface area contributed by atoms with Gasteiger partial charge in [0.2, 0.25) is 0 Å². The van der Waals surface area contributed by atoms with Gasteiger partial charge in [0.05, 0.1) is 0 Å². The van der Waals surface area contributed by atoms with E-state index in [4.69, 9.17) is 0 Å². The number of carbonyl (C=O) groups excluding carboxylic acids is 1. The maximum Gasteiger partial charge on any atom is 0.166 e. The van der Waals surface area contributed by atoms with E-state index in [2.05, 4.69) is 10.6 Å². The number of benzene rings is 1. The summed E-state index contributed by atoms with van der Waals surface area (Å²) >= 11 is 0. The lowest BCUT2D eigenvalue weighted by molar-refractivity contribution is 0.0806. The van der Waals surface area contributed by atoms with Crippen molar-refractivity contribution in [1.29, 1.82) is 0 Å². The molecule has 1 aromatic rings. The molecule has 3 rings (SSSR count). The largest absolute Gasteiger partial charge is 0.317 e. The average Bonchev–Trinajstić information content (AvgIpc) is 2.61. The van der Waals surface area contributed by atoms with Gasteiger partial charge in [0.1, 0.15) is 5.82 Å². The van der Waals surface area contributed by atoms with Crippen LogP contribution in [-0.2, 0) is 0 Å². The number of Topliss-reactive ketones (excluding diaryl/α,β-unsaturated/α-hetero) is 1. The summed E-state index contributed by atoms with van der Waals surface area (Å²) in [7, 11) is 0. The van der Waals surface area contributed by atoms with Gasteiger partial charge in [-0.05, 0) is 94.4 Å². The van der Waals surface area contributed by atoms with E-state index in [-0.39, 0.29) is 17.5 Å². The lowest BCUT2D eigenvalue weighted by atomic mass is 9.74. The highest BCUT2D eigenvalue weighted by atomic mass is 19.1. The molecule has 2 fully saturated rings. The highest BCUT2D eigenvalue weighted by Gasteiger charge is 2.32. The van der Waals surface area contributed by atoms with E-state index >= 15 is 0 Å². The number of hydrogen-bond donors (Lipinski definition) is 2. The summed E-state index contributed by atoms with van der Waals surface area (Å²) in [6.07, 6.45) is 5.46. The second kappa shape index (κ2) is 8.02. The maximum atomic E-state index is 13.2. The van der Waals surface area contributed by atoms with Crippen LogP contribution < -0.4 is 10.6 Å². The van der Waals surface area contributed by atoms with Crippen LogP contribution in [0.1, 0.15) is 42.5 Å². The first kappa shape index (κ1) is 16.6. The summed E-state index contributed by atoms with van der Waals surface area (Å²) in [5, 5.41) is 6.79. The van der Waals surface area contributed by atoms with Crippen LogP contribution in [0.4, 0.5) is 4.39 Å². The Kier molecular flexibility index (Phi) is 5.79. The number of piperidine rings is 2. The second-order valence-corrected chi connectivity index (χ2v) is 6.99. The van der Waals surface area contributed by atoms with Crippen LogP contribution in [0.15, 0.2) is 24.3 Å². The molecular weight excluding hydrogens is 291 g/mol. The van der Waals surface area contributed by atoms with Crippen LogP contribution in [0, 0.1) is 23.6 Å². The van der Waals surface area contributed by atoms with Gasteiger partial charge in [0.15, 0.2) is 5.78 Å². The maximum absolute atomic E-state index is 13.2. The highest BCUT2D eigenvalue weighted by molar-refractivity contribution is 5.98. The SMILES string of the molecule is O=C(c1ccc(F)cc1)C(CC1CCNCC1)C1CCNCC1. The Labute approximate surface area is 138 Å². The zero-order valence-corrected chi connectivity index (χ0v) is 13.7. The van der Waals surface area contributed by atoms with Crippen LogP contribution >= 0.6 is 0 Å². The fraction of sp³-hybridized carbons (Fsp3) is 0.632. The fourth-order valence-corrected chi connectivity index (χ4v) is 4.06. The van der Waals surface area contributed by atoms with Crippen molar-refractivity contribution in [2.75, 3.05) is 26.2 Å². The van der Waals surface area contributed by atoms with Crippen LogP contribution in [0.2, 0.25) is 0 Å². The molecular formula is C19H27FN2O. The van der Waals surface area contributed by atoms with Crippen molar-refractivity contribution in [3.8, 4) is 0 Å². The zero-order valence-electron chi connectivity index (χ0n) is 13.7. The molecule has 0 aromatic heterocycles. The molecule has 1 atom stereocenters. The topological polar surface area (TPSA) is 41.1 Å². The number of carbonyl (C=O) groups is 1. The van der Waals surface area contributed by atoms with Crippen molar-refractivity contribution in [1.82, 2.24) is 10.6 Å². The molecule has 2 aliphatic rings. The smallest absolute Gasteiger partial charge is 0.166 e. The normalized spacial score (nSPS) is 22.0. The predicted molar refractivity (Wildman–Crippen MR) is 90.0 cm³/mol. The van der Waals surface area contributed by atoms with Crippen molar-refractivity contribution in [2.45, 2.75) is 32.1 Å². The number of ketones is 1. The highest BCUT2D eigenvalue weighted by Crippen LogP contribution is 2.33. The first-order valence-corrected chi connectivity index (χ1v) is 8.95. The van der Waals surface area contributed by atoms with Crippen LogP contribution in [0.5, 0.6) is 0 Å². The molecule has 126 valence electrons. The monoisotopic (exact) mass is 318 g/mol. The minimum atomic E-state index is -0.279. The van der Waals surface area contributed by atoms with Gasteiger partial charge < -0.3 is 10.6 Å². The van der Waals surface area contributed by atoms with E-state index in [0.717, 1.165) is 58.3 Å². The minimum Gasteiger partial charge on any atom is -0.317 e. The van der Waals surface area contributed by atoms with Crippen molar-refractivity contribution >= 4 is 5.78 Å². The molecule has 4 heteroatoms. The first-order chi connectivity index (χ1) is 11.2. The standard InChI is InChI=1S/C19H27FN2O/c20-17-3-1-16(2-4-17)19(23)18(15-7-11-22-12-8-15)13-14-5-9-21-10-6-14/h1-4,14-15,18,21-22H,5-13H2. The van der Waals surface area contributed by atoms with E-state index in [1.54, 1.807) is 12.1 Å². The lowest BCUT2D eigenvalue weighted by Gasteiger charge is -2.33. The van der Waals surface area contributed by atoms with Crippen molar-refractivity contribution in [3.05, 3.63) is 35.6 Å². The minimum absolute atomic E-state index is 0.0886. The molecule has 0 spiro atoms. The van der Waals surface area contributed by atoms with Crippen LogP contribution in [-0.4, -0.2) is 32.0 Å². The summed E-state index contributed by atoms with van der Waals surface area (Å²) < 4.78 is 13.2. The Morgan fingerprint density at radius 3 is 2.17 bits per heavy atom. The van der Waals surface area contributed by atoms with Gasteiger partial charge in [-0.15, -0.1) is 0 Å². The number of nitrogens with one attached hydrogen (secondary N) is 2. The Bertz CT molecular complexity index is 505. The summed E-state index contributed by atoms with van der Waals surface area (Å²) in [6, 6.07) is 6.09. The number of halogens is 1. The van der Waals surface area contributed by atoms with E-state index in [9.17, 15) is 9.18 Å². The Morgan fingerprint density at radius 1 is 1.00 bits per heavy atom. The van der Waals surface area contributed by atoms with Crippen molar-refractivity contribution in [3.63, 3.8) is 0 Å². The second-order valence-electron chi connectivity index (χ2n) is 6.99. The van der Waals surface area contributed by atoms with Gasteiger partial charge in [-0.3, -0.25) is 4.79 Å². The summed E-state index contributed by atoms with van der Waals surface area (Å²) in [5.41, 5.74) is 0.670. The first-order valence-electron chi connectivity index (χ1n) is 8.95. The van der Waals surface area contributed by atoms with E-state index < -0.39 is 0 Å². The molecule has 2 N–H and O–H groups in total. The molecule has 2 aliphatic heterocycles. The van der Waals surface area contributed by atoms with E-state index in [1.807, 2.05) is 0 Å². The summed E-state index contributed by atoms with van der Waals surface area (Å²) in [6.45, 7) is 4.14. The molecule has 2 saturated heterocycles. The number of hydrogen-bond acceptors (Lipinski definition) is 3. The third-order valence-electron chi connectivity index (χ3n) is 5.46. The Balaban J connectivity index is 1.75. The molecule has 2 heterocycles. The van der Waals surface area contributed by atoms with Gasteiger partial charge in [0, 0.05) is 11.5 Å². The Morgan fingerprint density at radius 2 is 1.57 bits per heavy atom. The Hall–Kier alpha value is -1.26. The third-order valence-corrected chi connectivity index (χ3v) is 5.46. The van der Waals surface area contributed by atoms with Crippen molar-refractivity contribution < 1.29 is 9.18 Å². The fourth-order valence-electron chi connectivity index (χ4n) is 4.06. The van der Waals surface area contributed by atoms with Gasteiger partial charge in [0.25, 0.3) is 0 Å². The molecule has 3 nitrogen and oxygen atoms in total. The van der Waals surface area contributed by atoms with Crippen molar-refractivity contribution in [2.24, 2.45) is 17.8 Å². The molecule has 0 amide bonds. The van der Waals surface area contributed by atoms with Gasteiger partial charge in [-0.1, -0.05) is 0 Å². The number of rotatable bonds is 5. The van der Waals surface area contributed by atoms with Crippen LogP contribution in [0.3, 0.4) is 0 Å². The van der Waals surface area contributed by atoms with Gasteiger partial charge >= 0.3 is 0 Å². The van der Waals surface area contributed by atoms with Crippen LogP contribution in [0.25, 0.3) is 0 Å². The van der Waals surface area contributed by atoms with E-state index in [1.165, 1.54) is 12.1 Å². The summed E-state index contributed by atoms with van der Waals surface area (Å²) in [5.74, 6) is 1.13.